The second-order valence-corrected chi connectivity index (χ2v) is 7.28. The Bertz CT molecular complexity index is 381. The van der Waals surface area contributed by atoms with E-state index in [4.69, 9.17) is 9.84 Å². The van der Waals surface area contributed by atoms with Crippen LogP contribution in [-0.2, 0) is 4.74 Å². The molecule has 0 aromatic rings. The summed E-state index contributed by atoms with van der Waals surface area (Å²) in [6.45, 7) is 0.255. The van der Waals surface area contributed by atoms with Crippen LogP contribution in [0.5, 0.6) is 0 Å². The molecule has 1 saturated heterocycles. The first-order valence-corrected chi connectivity index (χ1v) is 8.96. The highest BCUT2D eigenvalue weighted by atomic mass is 32.2. The van der Waals surface area contributed by atoms with E-state index in [1.165, 1.54) is 11.8 Å². The number of aliphatic hydroxyl groups excluding tert-OH is 3. The number of aliphatic imine (C=N–C) groups is 1. The number of fused-ring (bicyclic) bond motifs is 1. The second-order valence-electron chi connectivity index (χ2n) is 6.22. The molecule has 0 aromatic carbocycles. The zero-order valence-corrected chi connectivity index (χ0v) is 14.2. The maximum Gasteiger partial charge on any atom is 0.161 e. The minimum Gasteiger partial charge on any atom is -0.396 e. The average Bonchev–Trinajstić information content (AvgIpc) is 2.92. The van der Waals surface area contributed by atoms with E-state index in [1.807, 2.05) is 19.0 Å². The number of aliphatic hydroxyl groups is 3. The summed E-state index contributed by atoms with van der Waals surface area (Å²) in [7, 11) is 3.83. The third-order valence-electron chi connectivity index (χ3n) is 4.18. The quantitative estimate of drug-likeness (QED) is 0.598. The van der Waals surface area contributed by atoms with Gasteiger partial charge < -0.3 is 25.0 Å². The number of rotatable bonds is 7. The summed E-state index contributed by atoms with van der Waals surface area (Å²) in [5, 5.41) is 30.1. The van der Waals surface area contributed by atoms with Gasteiger partial charge in [-0.2, -0.15) is 0 Å². The molecule has 0 aliphatic carbocycles. The van der Waals surface area contributed by atoms with Crippen LogP contribution in [0.25, 0.3) is 0 Å². The molecule has 0 saturated carbocycles. The predicted octanol–water partition coefficient (Wildman–Crippen LogP) is 0.799. The van der Waals surface area contributed by atoms with Crippen molar-refractivity contribution in [1.29, 1.82) is 0 Å². The predicted molar refractivity (Wildman–Crippen MR) is 88.0 cm³/mol. The van der Waals surface area contributed by atoms with Gasteiger partial charge in [-0.15, -0.1) is 0 Å². The third-order valence-corrected chi connectivity index (χ3v) is 5.48. The molecule has 3 N–H and O–H groups in total. The second kappa shape index (κ2) is 8.49. The first-order chi connectivity index (χ1) is 10.5. The van der Waals surface area contributed by atoms with Crippen LogP contribution in [0, 0.1) is 0 Å². The van der Waals surface area contributed by atoms with Crippen LogP contribution < -0.4 is 0 Å². The summed E-state index contributed by atoms with van der Waals surface area (Å²) in [6.07, 6.45) is 3.69. The Morgan fingerprint density at radius 3 is 2.45 bits per heavy atom. The lowest BCUT2D eigenvalue weighted by Gasteiger charge is -2.38. The molecule has 2 aliphatic rings. The highest BCUT2D eigenvalue weighted by Crippen LogP contribution is 2.38. The van der Waals surface area contributed by atoms with Crippen LogP contribution in [0.3, 0.4) is 0 Å². The normalized spacial score (nSPS) is 34.4. The number of thioether (sulfide) groups is 1. The van der Waals surface area contributed by atoms with Crippen LogP contribution in [0.15, 0.2) is 4.99 Å². The Kier molecular flexibility index (Phi) is 6.95. The number of ether oxygens (including phenoxy) is 1. The van der Waals surface area contributed by atoms with Gasteiger partial charge in [0.1, 0.15) is 23.7 Å². The van der Waals surface area contributed by atoms with E-state index in [9.17, 15) is 10.2 Å². The van der Waals surface area contributed by atoms with Crippen molar-refractivity contribution in [2.75, 3.05) is 20.7 Å². The molecular weight excluding hydrogens is 304 g/mol. The van der Waals surface area contributed by atoms with Gasteiger partial charge in [0.2, 0.25) is 0 Å². The number of nitrogens with zero attached hydrogens (tertiary/aromatic N) is 2. The monoisotopic (exact) mass is 332 g/mol. The van der Waals surface area contributed by atoms with Crippen molar-refractivity contribution in [3.63, 3.8) is 0 Å². The van der Waals surface area contributed by atoms with Crippen LogP contribution in [-0.4, -0.2) is 75.9 Å². The number of hydrogen-bond donors (Lipinski definition) is 3. The van der Waals surface area contributed by atoms with Crippen molar-refractivity contribution in [3.8, 4) is 0 Å². The number of unbranched alkanes of at least 4 members (excludes halogenated alkanes) is 4. The van der Waals surface area contributed by atoms with Crippen molar-refractivity contribution in [1.82, 2.24) is 4.90 Å². The van der Waals surface area contributed by atoms with Gasteiger partial charge in [0.15, 0.2) is 5.17 Å². The highest BCUT2D eigenvalue weighted by molar-refractivity contribution is 8.14. The lowest BCUT2D eigenvalue weighted by atomic mass is 9.94. The molecule has 128 valence electrons. The molecule has 7 heteroatoms. The number of amidine groups is 1. The van der Waals surface area contributed by atoms with Gasteiger partial charge in [0.25, 0.3) is 0 Å². The summed E-state index contributed by atoms with van der Waals surface area (Å²) in [5.74, 6) is 0. The fraction of sp³-hybridized carbons (Fsp3) is 0.933. The topological polar surface area (TPSA) is 85.5 Å². The van der Waals surface area contributed by atoms with Crippen molar-refractivity contribution >= 4 is 16.9 Å². The van der Waals surface area contributed by atoms with E-state index >= 15 is 0 Å². The van der Waals surface area contributed by atoms with E-state index in [0.717, 1.165) is 43.7 Å². The van der Waals surface area contributed by atoms with E-state index in [0.29, 0.717) is 0 Å². The van der Waals surface area contributed by atoms with Gasteiger partial charge in [0, 0.05) is 20.7 Å². The lowest BCUT2D eigenvalue weighted by molar-refractivity contribution is -0.154. The maximum absolute atomic E-state index is 10.3. The molecule has 22 heavy (non-hydrogen) atoms. The van der Waals surface area contributed by atoms with Gasteiger partial charge in [-0.1, -0.05) is 37.4 Å². The molecule has 0 radical (unpaired) electrons. The molecule has 2 rings (SSSR count). The summed E-state index contributed by atoms with van der Waals surface area (Å²) in [6, 6.07) is -0.377. The zero-order chi connectivity index (χ0) is 16.1. The highest BCUT2D eigenvalue weighted by Gasteiger charge is 2.48. The molecular formula is C15H28N2O4S. The Labute approximate surface area is 136 Å². The molecule has 2 heterocycles. The van der Waals surface area contributed by atoms with Gasteiger partial charge in [-0.05, 0) is 12.8 Å². The Morgan fingerprint density at radius 1 is 1.09 bits per heavy atom. The van der Waals surface area contributed by atoms with Crippen molar-refractivity contribution in [2.24, 2.45) is 4.99 Å². The molecule has 0 amide bonds. The first kappa shape index (κ1) is 18.0. The van der Waals surface area contributed by atoms with Crippen molar-refractivity contribution in [3.05, 3.63) is 0 Å². The Balaban J connectivity index is 1.79. The van der Waals surface area contributed by atoms with E-state index in [2.05, 4.69) is 4.99 Å². The van der Waals surface area contributed by atoms with E-state index < -0.39 is 12.2 Å². The van der Waals surface area contributed by atoms with E-state index in [1.54, 1.807) is 0 Å². The minimum absolute atomic E-state index is 0.199. The SMILES string of the molecule is CN(C)C1=N[C@@H]2[C@@H](O)[C@H](O)[C@@H](CCCCCCCO)O[C@@H]2S1. The van der Waals surface area contributed by atoms with E-state index in [-0.39, 0.29) is 24.2 Å². The molecule has 0 unspecified atom stereocenters. The maximum atomic E-state index is 10.3. The molecule has 6 nitrogen and oxygen atoms in total. The molecule has 1 fully saturated rings. The molecule has 0 bridgehead atoms. The van der Waals surface area contributed by atoms with Crippen LogP contribution in [0.1, 0.15) is 38.5 Å². The zero-order valence-electron chi connectivity index (χ0n) is 13.4. The fourth-order valence-corrected chi connectivity index (χ4v) is 4.02. The minimum atomic E-state index is -0.871. The summed E-state index contributed by atoms with van der Waals surface area (Å²) >= 11 is 1.52. The summed E-state index contributed by atoms with van der Waals surface area (Å²) in [4.78, 5) is 6.36. The first-order valence-electron chi connectivity index (χ1n) is 8.09. The Morgan fingerprint density at radius 2 is 1.77 bits per heavy atom. The van der Waals surface area contributed by atoms with Crippen molar-refractivity contribution < 1.29 is 20.1 Å². The third kappa shape index (κ3) is 4.35. The lowest BCUT2D eigenvalue weighted by Crippen LogP contribution is -2.54. The van der Waals surface area contributed by atoms with Crippen molar-refractivity contribution in [2.45, 2.75) is 68.3 Å². The number of hydrogen-bond acceptors (Lipinski definition) is 7. The van der Waals surface area contributed by atoms with Gasteiger partial charge in [-0.3, -0.25) is 4.99 Å². The fourth-order valence-electron chi connectivity index (χ4n) is 2.86. The molecule has 5 atom stereocenters. The van der Waals surface area contributed by atoms with Gasteiger partial charge in [-0.25, -0.2) is 0 Å². The average molecular weight is 332 g/mol. The molecule has 0 aromatic heterocycles. The smallest absolute Gasteiger partial charge is 0.161 e. The van der Waals surface area contributed by atoms with Gasteiger partial charge >= 0.3 is 0 Å². The van der Waals surface area contributed by atoms with Crippen LogP contribution >= 0.6 is 11.8 Å². The summed E-state index contributed by atoms with van der Waals surface area (Å²) in [5.41, 5.74) is -0.199. The Hall–Kier alpha value is -0.340. The molecule has 0 spiro atoms. The van der Waals surface area contributed by atoms with Gasteiger partial charge in [0.05, 0.1) is 6.10 Å². The van der Waals surface area contributed by atoms with Crippen LogP contribution in [0.2, 0.25) is 0 Å². The summed E-state index contributed by atoms with van der Waals surface area (Å²) < 4.78 is 5.97. The largest absolute Gasteiger partial charge is 0.396 e. The standard InChI is InChI=1S/C15H28N2O4S/c1-17(2)15-16-11-13(20)12(19)10(21-14(11)22-15)8-6-4-3-5-7-9-18/h10-14,18-20H,3-9H2,1-2H3/t10-,11-,12-,13-,14-/m1/s1. The molecule has 2 aliphatic heterocycles. The van der Waals surface area contributed by atoms with Crippen LogP contribution in [0.4, 0.5) is 0 Å².